The fourth-order valence-corrected chi connectivity index (χ4v) is 2.31. The third kappa shape index (κ3) is 3.63. The van der Waals surface area contributed by atoms with E-state index in [0.717, 1.165) is 43.0 Å². The van der Waals surface area contributed by atoms with Gasteiger partial charge in [-0.1, -0.05) is 32.3 Å². The van der Waals surface area contributed by atoms with Gasteiger partial charge in [0.05, 0.1) is 16.9 Å². The first-order valence-corrected chi connectivity index (χ1v) is 7.22. The molecule has 4 heteroatoms. The standard InChI is InChI=1S/C15H23N3O/c1-2-3-4-5-9-18-15(19)12-7-6-8-13-14(12)17-11-10-16-13/h6-8,16-17H,2-5,9-11H2,1H3,(H,18,19). The lowest BCUT2D eigenvalue weighted by Crippen LogP contribution is -2.28. The molecule has 2 rings (SSSR count). The van der Waals surface area contributed by atoms with Crippen LogP contribution in [0.4, 0.5) is 11.4 Å². The summed E-state index contributed by atoms with van der Waals surface area (Å²) in [6, 6.07) is 5.80. The van der Waals surface area contributed by atoms with E-state index in [1.807, 2.05) is 18.2 Å². The van der Waals surface area contributed by atoms with Crippen molar-refractivity contribution in [2.24, 2.45) is 0 Å². The highest BCUT2D eigenvalue weighted by Crippen LogP contribution is 2.28. The lowest BCUT2D eigenvalue weighted by atomic mass is 10.1. The predicted octanol–water partition coefficient (Wildman–Crippen LogP) is 2.83. The zero-order chi connectivity index (χ0) is 13.5. The highest BCUT2D eigenvalue weighted by molar-refractivity contribution is 6.02. The molecule has 0 aliphatic carbocycles. The second-order valence-electron chi connectivity index (χ2n) is 4.90. The summed E-state index contributed by atoms with van der Waals surface area (Å²) >= 11 is 0. The number of carbonyl (C=O) groups excluding carboxylic acids is 1. The highest BCUT2D eigenvalue weighted by atomic mass is 16.1. The van der Waals surface area contributed by atoms with Crippen LogP contribution in [0.25, 0.3) is 0 Å². The molecule has 1 aromatic carbocycles. The Hall–Kier alpha value is -1.71. The van der Waals surface area contributed by atoms with E-state index >= 15 is 0 Å². The fourth-order valence-electron chi connectivity index (χ4n) is 2.31. The highest BCUT2D eigenvalue weighted by Gasteiger charge is 2.16. The van der Waals surface area contributed by atoms with Crippen molar-refractivity contribution >= 4 is 17.3 Å². The van der Waals surface area contributed by atoms with Crippen LogP contribution in [0, 0.1) is 0 Å². The molecule has 1 aromatic rings. The molecular formula is C15H23N3O. The van der Waals surface area contributed by atoms with Crippen molar-refractivity contribution in [3.8, 4) is 0 Å². The zero-order valence-electron chi connectivity index (χ0n) is 11.6. The molecule has 0 radical (unpaired) electrons. The summed E-state index contributed by atoms with van der Waals surface area (Å²) in [6.07, 6.45) is 4.70. The third-order valence-corrected chi connectivity index (χ3v) is 3.37. The Morgan fingerprint density at radius 2 is 2.05 bits per heavy atom. The maximum Gasteiger partial charge on any atom is 0.253 e. The minimum atomic E-state index is 0.0181. The van der Waals surface area contributed by atoms with Gasteiger partial charge < -0.3 is 16.0 Å². The lowest BCUT2D eigenvalue weighted by molar-refractivity contribution is 0.0953. The van der Waals surface area contributed by atoms with Gasteiger partial charge in [0.15, 0.2) is 0 Å². The summed E-state index contributed by atoms with van der Waals surface area (Å²) in [4.78, 5) is 12.2. The van der Waals surface area contributed by atoms with Gasteiger partial charge in [-0.2, -0.15) is 0 Å². The molecule has 0 atom stereocenters. The minimum Gasteiger partial charge on any atom is -0.382 e. The second kappa shape index (κ2) is 7.02. The van der Waals surface area contributed by atoms with Crippen molar-refractivity contribution in [3.63, 3.8) is 0 Å². The van der Waals surface area contributed by atoms with Crippen LogP contribution in [0.5, 0.6) is 0 Å². The van der Waals surface area contributed by atoms with Crippen LogP contribution >= 0.6 is 0 Å². The molecule has 1 aliphatic heterocycles. The number of anilines is 2. The van der Waals surface area contributed by atoms with Crippen LogP contribution in [0.2, 0.25) is 0 Å². The topological polar surface area (TPSA) is 53.2 Å². The van der Waals surface area contributed by atoms with Crippen molar-refractivity contribution in [2.45, 2.75) is 32.6 Å². The molecule has 1 heterocycles. The summed E-state index contributed by atoms with van der Waals surface area (Å²) < 4.78 is 0. The van der Waals surface area contributed by atoms with Crippen LogP contribution in [0.3, 0.4) is 0 Å². The normalized spacial score (nSPS) is 13.1. The van der Waals surface area contributed by atoms with E-state index in [4.69, 9.17) is 0 Å². The molecule has 0 saturated heterocycles. The number of unbranched alkanes of at least 4 members (excludes halogenated alkanes) is 3. The van der Waals surface area contributed by atoms with E-state index in [1.165, 1.54) is 19.3 Å². The summed E-state index contributed by atoms with van der Waals surface area (Å²) in [7, 11) is 0. The molecular weight excluding hydrogens is 238 g/mol. The first-order chi connectivity index (χ1) is 9.33. The number of hydrogen-bond acceptors (Lipinski definition) is 3. The van der Waals surface area contributed by atoms with Crippen LogP contribution in [-0.2, 0) is 0 Å². The third-order valence-electron chi connectivity index (χ3n) is 3.37. The first kappa shape index (κ1) is 13.7. The van der Waals surface area contributed by atoms with Gasteiger partial charge in [0.2, 0.25) is 0 Å². The number of benzene rings is 1. The number of para-hydroxylation sites is 1. The number of rotatable bonds is 6. The monoisotopic (exact) mass is 261 g/mol. The van der Waals surface area contributed by atoms with E-state index in [1.54, 1.807) is 0 Å². The Bertz CT molecular complexity index is 431. The van der Waals surface area contributed by atoms with Gasteiger partial charge in [-0.05, 0) is 18.6 Å². The zero-order valence-corrected chi connectivity index (χ0v) is 11.6. The van der Waals surface area contributed by atoms with Crippen molar-refractivity contribution in [1.82, 2.24) is 5.32 Å². The molecule has 0 aromatic heterocycles. The molecule has 19 heavy (non-hydrogen) atoms. The molecule has 104 valence electrons. The molecule has 0 fully saturated rings. The molecule has 3 N–H and O–H groups in total. The number of hydrogen-bond donors (Lipinski definition) is 3. The lowest BCUT2D eigenvalue weighted by Gasteiger charge is -2.22. The van der Waals surface area contributed by atoms with Crippen LogP contribution in [0.15, 0.2) is 18.2 Å². The average Bonchev–Trinajstić information content (AvgIpc) is 2.46. The first-order valence-electron chi connectivity index (χ1n) is 7.22. The molecule has 1 aliphatic rings. The molecule has 0 saturated carbocycles. The number of amides is 1. The van der Waals surface area contributed by atoms with Crippen molar-refractivity contribution in [1.29, 1.82) is 0 Å². The quantitative estimate of drug-likeness (QED) is 0.690. The van der Waals surface area contributed by atoms with E-state index in [9.17, 15) is 4.79 Å². The smallest absolute Gasteiger partial charge is 0.253 e. The van der Waals surface area contributed by atoms with Gasteiger partial charge >= 0.3 is 0 Å². The van der Waals surface area contributed by atoms with Crippen molar-refractivity contribution in [2.75, 3.05) is 30.3 Å². The van der Waals surface area contributed by atoms with E-state index < -0.39 is 0 Å². The van der Waals surface area contributed by atoms with Crippen LogP contribution < -0.4 is 16.0 Å². The molecule has 4 nitrogen and oxygen atoms in total. The Morgan fingerprint density at radius 1 is 1.21 bits per heavy atom. The van der Waals surface area contributed by atoms with Gasteiger partial charge in [-0.3, -0.25) is 4.79 Å². The molecule has 1 amide bonds. The Balaban J connectivity index is 1.92. The summed E-state index contributed by atoms with van der Waals surface area (Å²) in [5.74, 6) is 0.0181. The maximum atomic E-state index is 12.2. The average molecular weight is 261 g/mol. The van der Waals surface area contributed by atoms with Gasteiger partial charge in [0, 0.05) is 19.6 Å². The van der Waals surface area contributed by atoms with Gasteiger partial charge in [0.25, 0.3) is 5.91 Å². The number of nitrogens with one attached hydrogen (secondary N) is 3. The molecule has 0 bridgehead atoms. The van der Waals surface area contributed by atoms with Gasteiger partial charge in [-0.15, -0.1) is 0 Å². The van der Waals surface area contributed by atoms with E-state index in [0.29, 0.717) is 0 Å². The summed E-state index contributed by atoms with van der Waals surface area (Å²) in [5, 5.41) is 9.60. The Morgan fingerprint density at radius 3 is 2.89 bits per heavy atom. The number of carbonyl (C=O) groups is 1. The largest absolute Gasteiger partial charge is 0.382 e. The van der Waals surface area contributed by atoms with E-state index in [-0.39, 0.29) is 5.91 Å². The van der Waals surface area contributed by atoms with E-state index in [2.05, 4.69) is 22.9 Å². The van der Waals surface area contributed by atoms with Crippen LogP contribution in [0.1, 0.15) is 43.0 Å². The van der Waals surface area contributed by atoms with Gasteiger partial charge in [0.1, 0.15) is 0 Å². The van der Waals surface area contributed by atoms with Crippen LogP contribution in [-0.4, -0.2) is 25.5 Å². The summed E-state index contributed by atoms with van der Waals surface area (Å²) in [6.45, 7) is 4.70. The Labute approximate surface area is 115 Å². The fraction of sp³-hybridized carbons (Fsp3) is 0.533. The number of fused-ring (bicyclic) bond motifs is 1. The maximum absolute atomic E-state index is 12.2. The van der Waals surface area contributed by atoms with Crippen molar-refractivity contribution in [3.05, 3.63) is 23.8 Å². The molecule has 0 spiro atoms. The molecule has 0 unspecified atom stereocenters. The van der Waals surface area contributed by atoms with Gasteiger partial charge in [-0.25, -0.2) is 0 Å². The predicted molar refractivity (Wildman–Crippen MR) is 79.9 cm³/mol. The Kier molecular flexibility index (Phi) is 5.07. The second-order valence-corrected chi connectivity index (χ2v) is 4.90. The minimum absolute atomic E-state index is 0.0181. The van der Waals surface area contributed by atoms with Crippen molar-refractivity contribution < 1.29 is 4.79 Å². The summed E-state index contributed by atoms with van der Waals surface area (Å²) in [5.41, 5.74) is 2.69. The SMILES string of the molecule is CCCCCCNC(=O)c1cccc2c1NCCN2.